The fourth-order valence-corrected chi connectivity index (χ4v) is 5.36. The molecule has 1 aromatic carbocycles. The van der Waals surface area contributed by atoms with Crippen LogP contribution in [0.25, 0.3) is 0 Å². The van der Waals surface area contributed by atoms with E-state index in [0.29, 0.717) is 18.8 Å². The number of imide groups is 1. The lowest BCUT2D eigenvalue weighted by Crippen LogP contribution is -2.43. The standard InChI is InChI=1S/C21H24N4O4S/c1-21(2)19(26)25(20(27)24(21)15-16-9-11-22-12-10-16)17-5-7-18(8-6-17)30(28,29)23-13-3-4-14-23/h5-12H,3-4,13-15H2,1-2H3. The Morgan fingerprint density at radius 2 is 1.57 bits per heavy atom. The van der Waals surface area contributed by atoms with Gasteiger partial charge in [-0.15, -0.1) is 0 Å². The average molecular weight is 429 g/mol. The van der Waals surface area contributed by atoms with Gasteiger partial charge >= 0.3 is 6.03 Å². The molecule has 0 radical (unpaired) electrons. The van der Waals surface area contributed by atoms with E-state index < -0.39 is 21.6 Å². The minimum Gasteiger partial charge on any atom is -0.305 e. The zero-order chi connectivity index (χ0) is 21.5. The third-order valence-corrected chi connectivity index (χ3v) is 7.62. The summed E-state index contributed by atoms with van der Waals surface area (Å²) in [6.07, 6.45) is 5.00. The number of anilines is 1. The van der Waals surface area contributed by atoms with Gasteiger partial charge < -0.3 is 4.90 Å². The lowest BCUT2D eigenvalue weighted by molar-refractivity contribution is -0.123. The molecule has 2 fully saturated rings. The second-order valence-corrected chi connectivity index (χ2v) is 9.97. The molecule has 158 valence electrons. The van der Waals surface area contributed by atoms with E-state index in [1.54, 1.807) is 38.4 Å². The van der Waals surface area contributed by atoms with Gasteiger partial charge in [0.2, 0.25) is 10.0 Å². The molecule has 0 bridgehead atoms. The van der Waals surface area contributed by atoms with Gasteiger partial charge in [-0.25, -0.2) is 18.1 Å². The Morgan fingerprint density at radius 3 is 2.17 bits per heavy atom. The van der Waals surface area contributed by atoms with Crippen molar-refractivity contribution in [3.05, 3.63) is 54.4 Å². The predicted octanol–water partition coefficient (Wildman–Crippen LogP) is 2.61. The largest absolute Gasteiger partial charge is 0.332 e. The van der Waals surface area contributed by atoms with Crippen molar-refractivity contribution >= 4 is 27.6 Å². The number of nitrogens with zero attached hydrogens (tertiary/aromatic N) is 4. The van der Waals surface area contributed by atoms with Crippen LogP contribution in [0.3, 0.4) is 0 Å². The number of sulfonamides is 1. The molecule has 0 spiro atoms. The van der Waals surface area contributed by atoms with Crippen LogP contribution >= 0.6 is 0 Å². The molecular weight excluding hydrogens is 404 g/mol. The van der Waals surface area contributed by atoms with Gasteiger partial charge in [0.05, 0.1) is 10.6 Å². The number of hydrogen-bond acceptors (Lipinski definition) is 5. The summed E-state index contributed by atoms with van der Waals surface area (Å²) in [6, 6.07) is 9.12. The lowest BCUT2D eigenvalue weighted by atomic mass is 10.0. The quantitative estimate of drug-likeness (QED) is 0.683. The molecule has 0 aliphatic carbocycles. The maximum absolute atomic E-state index is 13.1. The smallest absolute Gasteiger partial charge is 0.305 e. The number of amides is 3. The minimum atomic E-state index is -3.55. The summed E-state index contributed by atoms with van der Waals surface area (Å²) in [4.78, 5) is 32.9. The van der Waals surface area contributed by atoms with Gasteiger partial charge in [-0.05, 0) is 68.7 Å². The second kappa shape index (κ2) is 7.48. The van der Waals surface area contributed by atoms with Gasteiger partial charge in [0.15, 0.2) is 0 Å². The van der Waals surface area contributed by atoms with E-state index in [0.717, 1.165) is 23.3 Å². The number of carbonyl (C=O) groups excluding carboxylic acids is 2. The molecule has 2 aromatic rings. The molecule has 9 heteroatoms. The molecular formula is C21H24N4O4S. The van der Waals surface area contributed by atoms with Gasteiger partial charge in [-0.3, -0.25) is 9.78 Å². The predicted molar refractivity (Wildman–Crippen MR) is 111 cm³/mol. The number of pyridine rings is 1. The Balaban J connectivity index is 1.60. The molecule has 0 saturated carbocycles. The van der Waals surface area contributed by atoms with Crippen LogP contribution in [0.15, 0.2) is 53.7 Å². The Morgan fingerprint density at radius 1 is 0.967 bits per heavy atom. The highest BCUT2D eigenvalue weighted by Crippen LogP contribution is 2.34. The Bertz CT molecular complexity index is 1060. The lowest BCUT2D eigenvalue weighted by Gasteiger charge is -2.27. The van der Waals surface area contributed by atoms with E-state index in [1.165, 1.54) is 33.5 Å². The van der Waals surface area contributed by atoms with E-state index in [2.05, 4.69) is 4.98 Å². The topological polar surface area (TPSA) is 90.9 Å². The highest BCUT2D eigenvalue weighted by Gasteiger charge is 2.51. The van der Waals surface area contributed by atoms with Crippen molar-refractivity contribution in [2.24, 2.45) is 0 Å². The molecule has 30 heavy (non-hydrogen) atoms. The van der Waals surface area contributed by atoms with Gasteiger partial charge in [-0.2, -0.15) is 4.31 Å². The fraction of sp³-hybridized carbons (Fsp3) is 0.381. The Kier molecular flexibility index (Phi) is 5.11. The summed E-state index contributed by atoms with van der Waals surface area (Å²) in [5.74, 6) is -0.350. The zero-order valence-electron chi connectivity index (χ0n) is 17.0. The van der Waals surface area contributed by atoms with E-state index in [1.807, 2.05) is 0 Å². The van der Waals surface area contributed by atoms with Crippen LogP contribution in [-0.2, 0) is 21.4 Å². The molecule has 0 atom stereocenters. The van der Waals surface area contributed by atoms with E-state index in [-0.39, 0.29) is 17.3 Å². The maximum Gasteiger partial charge on any atom is 0.332 e. The van der Waals surface area contributed by atoms with Crippen LogP contribution < -0.4 is 4.90 Å². The molecule has 3 amide bonds. The monoisotopic (exact) mass is 428 g/mol. The van der Waals surface area contributed by atoms with Gasteiger partial charge in [0, 0.05) is 32.0 Å². The molecule has 2 saturated heterocycles. The van der Waals surface area contributed by atoms with E-state index >= 15 is 0 Å². The van der Waals surface area contributed by atoms with Crippen molar-refractivity contribution in [3.63, 3.8) is 0 Å². The summed E-state index contributed by atoms with van der Waals surface area (Å²) in [5.41, 5.74) is 0.199. The van der Waals surface area contributed by atoms with Crippen LogP contribution in [0.2, 0.25) is 0 Å². The van der Waals surface area contributed by atoms with Crippen LogP contribution in [0.5, 0.6) is 0 Å². The van der Waals surface area contributed by atoms with Crippen molar-refractivity contribution in [2.75, 3.05) is 18.0 Å². The van der Waals surface area contributed by atoms with Crippen molar-refractivity contribution in [2.45, 2.75) is 43.7 Å². The van der Waals surface area contributed by atoms with Crippen molar-refractivity contribution < 1.29 is 18.0 Å². The average Bonchev–Trinajstić information content (AvgIpc) is 3.33. The van der Waals surface area contributed by atoms with Crippen molar-refractivity contribution in [1.82, 2.24) is 14.2 Å². The maximum atomic E-state index is 13.1. The molecule has 0 unspecified atom stereocenters. The Labute approximate surface area is 176 Å². The molecule has 2 aliphatic rings. The second-order valence-electron chi connectivity index (χ2n) is 8.03. The number of aromatic nitrogens is 1. The molecule has 0 N–H and O–H groups in total. The van der Waals surface area contributed by atoms with Crippen LogP contribution in [0.4, 0.5) is 10.5 Å². The summed E-state index contributed by atoms with van der Waals surface area (Å²) in [7, 11) is -3.55. The van der Waals surface area contributed by atoms with Crippen LogP contribution in [-0.4, -0.2) is 53.2 Å². The van der Waals surface area contributed by atoms with Crippen molar-refractivity contribution in [1.29, 1.82) is 0 Å². The highest BCUT2D eigenvalue weighted by molar-refractivity contribution is 7.89. The van der Waals surface area contributed by atoms with Gasteiger partial charge in [0.1, 0.15) is 5.54 Å². The van der Waals surface area contributed by atoms with Gasteiger partial charge in [0.25, 0.3) is 5.91 Å². The summed E-state index contributed by atoms with van der Waals surface area (Å²) < 4.78 is 26.9. The number of urea groups is 1. The SMILES string of the molecule is CC1(C)C(=O)N(c2ccc(S(=O)(=O)N3CCCC3)cc2)C(=O)N1Cc1ccncc1. The minimum absolute atomic E-state index is 0.167. The molecule has 4 rings (SSSR count). The summed E-state index contributed by atoms with van der Waals surface area (Å²) >= 11 is 0. The first kappa shape index (κ1) is 20.5. The normalized spacial score (nSPS) is 19.7. The number of rotatable bonds is 5. The summed E-state index contributed by atoms with van der Waals surface area (Å²) in [6.45, 7) is 4.73. The van der Waals surface area contributed by atoms with Crippen LogP contribution in [0.1, 0.15) is 32.3 Å². The third kappa shape index (κ3) is 3.37. The third-order valence-electron chi connectivity index (χ3n) is 5.71. The molecule has 2 aliphatic heterocycles. The number of hydrogen-bond donors (Lipinski definition) is 0. The molecule has 3 heterocycles. The first-order chi connectivity index (χ1) is 14.2. The van der Waals surface area contributed by atoms with E-state index in [9.17, 15) is 18.0 Å². The highest BCUT2D eigenvalue weighted by atomic mass is 32.2. The first-order valence-corrected chi connectivity index (χ1v) is 11.3. The number of benzene rings is 1. The molecule has 1 aromatic heterocycles. The number of carbonyl (C=O) groups is 2. The van der Waals surface area contributed by atoms with Gasteiger partial charge in [-0.1, -0.05) is 0 Å². The van der Waals surface area contributed by atoms with Crippen LogP contribution in [0, 0.1) is 0 Å². The Hall–Kier alpha value is -2.78. The zero-order valence-corrected chi connectivity index (χ0v) is 17.8. The summed E-state index contributed by atoms with van der Waals surface area (Å²) in [5, 5.41) is 0. The first-order valence-electron chi connectivity index (χ1n) is 9.88. The van der Waals surface area contributed by atoms with E-state index in [4.69, 9.17) is 0 Å². The van der Waals surface area contributed by atoms with Crippen molar-refractivity contribution in [3.8, 4) is 0 Å². The molecule has 8 nitrogen and oxygen atoms in total. The fourth-order valence-electron chi connectivity index (χ4n) is 3.84.